The van der Waals surface area contributed by atoms with Crippen molar-refractivity contribution in [2.24, 2.45) is 0 Å². The fourth-order valence-electron chi connectivity index (χ4n) is 3.08. The molecule has 2 aliphatic rings. The molecule has 1 fully saturated rings. The average Bonchev–Trinajstić information content (AvgIpc) is 2.59. The van der Waals surface area contributed by atoms with E-state index in [2.05, 4.69) is 72.1 Å². The van der Waals surface area contributed by atoms with Gasteiger partial charge in [0.2, 0.25) is 0 Å². The lowest BCUT2D eigenvalue weighted by atomic mass is 9.86. The zero-order valence-corrected chi connectivity index (χ0v) is 15.9. The molecule has 2 aromatic carbocycles. The third-order valence-electron chi connectivity index (χ3n) is 4.60. The summed E-state index contributed by atoms with van der Waals surface area (Å²) in [5.41, 5.74) is 3.50. The molecule has 132 valence electrons. The van der Waals surface area contributed by atoms with Gasteiger partial charge in [-0.2, -0.15) is 0 Å². The molecule has 0 amide bonds. The van der Waals surface area contributed by atoms with Crippen LogP contribution in [0.15, 0.2) is 41.3 Å². The Balaban J connectivity index is 1.55. The van der Waals surface area contributed by atoms with Crippen molar-refractivity contribution in [3.8, 4) is 11.5 Å². The highest BCUT2D eigenvalue weighted by Gasteiger charge is 2.21. The highest BCUT2D eigenvalue weighted by Crippen LogP contribution is 2.44. The summed E-state index contributed by atoms with van der Waals surface area (Å²) in [5, 5.41) is 6.91. The molecule has 0 spiro atoms. The van der Waals surface area contributed by atoms with Crippen LogP contribution in [0.2, 0.25) is 0 Å². The van der Waals surface area contributed by atoms with Crippen LogP contribution in [-0.2, 0) is 5.41 Å². The second kappa shape index (κ2) is 6.56. The van der Waals surface area contributed by atoms with E-state index in [0.717, 1.165) is 49.1 Å². The van der Waals surface area contributed by atoms with Crippen LogP contribution in [0, 0.1) is 0 Å². The molecule has 25 heavy (non-hydrogen) atoms. The molecule has 0 aromatic heterocycles. The lowest BCUT2D eigenvalue weighted by Crippen LogP contribution is -2.39. The monoisotopic (exact) mass is 355 g/mol. The average molecular weight is 356 g/mol. The predicted molar refractivity (Wildman–Crippen MR) is 105 cm³/mol. The standard InChI is InChI=1S/C20H25N3OS/c1-20(2,3)14-4-7-18-17(12-14)22-16-6-5-15(13-19(16)24-18)25-23-10-8-21-9-11-23/h4-7,12-13,21-22H,8-11H2,1-3H3. The number of piperazine rings is 1. The molecule has 5 heteroatoms. The predicted octanol–water partition coefficient (Wildman–Crippen LogP) is 4.75. The van der Waals surface area contributed by atoms with Gasteiger partial charge in [0.25, 0.3) is 0 Å². The Morgan fingerprint density at radius 2 is 1.76 bits per heavy atom. The van der Waals surface area contributed by atoms with E-state index in [1.165, 1.54) is 10.5 Å². The molecule has 4 nitrogen and oxygen atoms in total. The normalized spacial score (nSPS) is 17.2. The van der Waals surface area contributed by atoms with Crippen molar-refractivity contribution < 1.29 is 4.74 Å². The molecular weight excluding hydrogens is 330 g/mol. The van der Waals surface area contributed by atoms with Crippen LogP contribution < -0.4 is 15.4 Å². The lowest BCUT2D eigenvalue weighted by Gasteiger charge is -2.27. The number of rotatable bonds is 2. The van der Waals surface area contributed by atoms with Crippen LogP contribution in [0.3, 0.4) is 0 Å². The largest absolute Gasteiger partial charge is 0.453 e. The number of hydrogen-bond acceptors (Lipinski definition) is 5. The van der Waals surface area contributed by atoms with Crippen LogP contribution >= 0.6 is 11.9 Å². The van der Waals surface area contributed by atoms with Gasteiger partial charge in [-0.3, -0.25) is 0 Å². The van der Waals surface area contributed by atoms with E-state index in [1.54, 1.807) is 0 Å². The van der Waals surface area contributed by atoms with E-state index in [4.69, 9.17) is 4.74 Å². The van der Waals surface area contributed by atoms with Gasteiger partial charge >= 0.3 is 0 Å². The maximum atomic E-state index is 6.17. The third kappa shape index (κ3) is 3.64. The van der Waals surface area contributed by atoms with Crippen LogP contribution in [0.25, 0.3) is 0 Å². The molecule has 2 heterocycles. The van der Waals surface area contributed by atoms with Crippen LogP contribution in [0.1, 0.15) is 26.3 Å². The van der Waals surface area contributed by atoms with E-state index in [-0.39, 0.29) is 5.41 Å². The van der Waals surface area contributed by atoms with Crippen LogP contribution in [0.4, 0.5) is 11.4 Å². The van der Waals surface area contributed by atoms with Crippen molar-refractivity contribution in [1.29, 1.82) is 0 Å². The Bertz CT molecular complexity index is 779. The fraction of sp³-hybridized carbons (Fsp3) is 0.400. The number of hydrogen-bond donors (Lipinski definition) is 2. The fourth-order valence-corrected chi connectivity index (χ4v) is 4.03. The summed E-state index contributed by atoms with van der Waals surface area (Å²) in [6, 6.07) is 12.8. The number of anilines is 2. The SMILES string of the molecule is CC(C)(C)c1ccc2c(c1)Nc1ccc(SN3CCNCC3)cc1O2. The molecular formula is C20H25N3OS. The first kappa shape index (κ1) is 16.8. The molecule has 0 unspecified atom stereocenters. The number of ether oxygens (including phenoxy) is 1. The van der Waals surface area contributed by atoms with Crippen molar-refractivity contribution in [2.75, 3.05) is 31.5 Å². The minimum atomic E-state index is 0.126. The van der Waals surface area contributed by atoms with E-state index in [0.29, 0.717) is 0 Å². The first-order valence-corrected chi connectivity index (χ1v) is 9.63. The lowest BCUT2D eigenvalue weighted by molar-refractivity contribution is 0.396. The van der Waals surface area contributed by atoms with Gasteiger partial charge in [0.05, 0.1) is 11.4 Å². The molecule has 0 aliphatic carbocycles. The van der Waals surface area contributed by atoms with E-state index in [9.17, 15) is 0 Å². The van der Waals surface area contributed by atoms with Crippen molar-refractivity contribution in [3.63, 3.8) is 0 Å². The number of nitrogens with one attached hydrogen (secondary N) is 2. The van der Waals surface area contributed by atoms with Gasteiger partial charge < -0.3 is 15.4 Å². The minimum absolute atomic E-state index is 0.126. The van der Waals surface area contributed by atoms with Crippen molar-refractivity contribution in [1.82, 2.24) is 9.62 Å². The van der Waals surface area contributed by atoms with Crippen molar-refractivity contribution in [3.05, 3.63) is 42.0 Å². The molecule has 1 saturated heterocycles. The van der Waals surface area contributed by atoms with Gasteiger partial charge in [0.1, 0.15) is 0 Å². The summed E-state index contributed by atoms with van der Waals surface area (Å²) in [7, 11) is 0. The third-order valence-corrected chi connectivity index (χ3v) is 5.69. The van der Waals surface area contributed by atoms with Gasteiger partial charge in [-0.25, -0.2) is 4.31 Å². The Kier molecular flexibility index (Phi) is 4.40. The maximum absolute atomic E-state index is 6.17. The van der Waals surface area contributed by atoms with Gasteiger partial charge in [-0.15, -0.1) is 0 Å². The summed E-state index contributed by atoms with van der Waals surface area (Å²) in [5.74, 6) is 1.79. The second-order valence-electron chi connectivity index (χ2n) is 7.62. The smallest absolute Gasteiger partial charge is 0.152 e. The first-order chi connectivity index (χ1) is 12.0. The molecule has 4 rings (SSSR count). The zero-order valence-electron chi connectivity index (χ0n) is 15.1. The summed E-state index contributed by atoms with van der Waals surface area (Å²) in [6.45, 7) is 10.9. The molecule has 2 aromatic rings. The molecule has 2 N–H and O–H groups in total. The number of benzene rings is 2. The van der Waals surface area contributed by atoms with Gasteiger partial charge in [-0.1, -0.05) is 26.8 Å². The molecule has 2 aliphatic heterocycles. The van der Waals surface area contributed by atoms with E-state index >= 15 is 0 Å². The molecule has 0 bridgehead atoms. The number of fused-ring (bicyclic) bond motifs is 2. The van der Waals surface area contributed by atoms with Crippen molar-refractivity contribution >= 4 is 23.3 Å². The quantitative estimate of drug-likeness (QED) is 0.649. The molecule has 0 atom stereocenters. The van der Waals surface area contributed by atoms with E-state index in [1.807, 2.05) is 11.9 Å². The maximum Gasteiger partial charge on any atom is 0.152 e. The topological polar surface area (TPSA) is 36.5 Å². The zero-order chi connectivity index (χ0) is 17.4. The van der Waals surface area contributed by atoms with Gasteiger partial charge in [0.15, 0.2) is 11.5 Å². The Morgan fingerprint density at radius 3 is 2.52 bits per heavy atom. The molecule has 0 radical (unpaired) electrons. The minimum Gasteiger partial charge on any atom is -0.453 e. The highest BCUT2D eigenvalue weighted by atomic mass is 32.2. The Morgan fingerprint density at radius 1 is 0.960 bits per heavy atom. The Labute approximate surface area is 154 Å². The summed E-state index contributed by atoms with van der Waals surface area (Å²) >= 11 is 1.81. The summed E-state index contributed by atoms with van der Waals surface area (Å²) < 4.78 is 8.57. The first-order valence-electron chi connectivity index (χ1n) is 8.86. The van der Waals surface area contributed by atoms with Gasteiger partial charge in [0, 0.05) is 31.1 Å². The van der Waals surface area contributed by atoms with Crippen LogP contribution in [0.5, 0.6) is 11.5 Å². The van der Waals surface area contributed by atoms with Crippen LogP contribution in [-0.4, -0.2) is 30.5 Å². The summed E-state index contributed by atoms with van der Waals surface area (Å²) in [6.07, 6.45) is 0. The highest BCUT2D eigenvalue weighted by molar-refractivity contribution is 7.97. The second-order valence-corrected chi connectivity index (χ2v) is 8.79. The van der Waals surface area contributed by atoms with Gasteiger partial charge in [-0.05, 0) is 53.3 Å². The van der Waals surface area contributed by atoms with E-state index < -0.39 is 0 Å². The Hall–Kier alpha value is -1.69. The summed E-state index contributed by atoms with van der Waals surface area (Å²) in [4.78, 5) is 1.22. The molecule has 0 saturated carbocycles. The number of nitrogens with zero attached hydrogens (tertiary/aromatic N) is 1. The van der Waals surface area contributed by atoms with Crippen molar-refractivity contribution in [2.45, 2.75) is 31.1 Å².